The number of halogens is 2. The molecular formula is C14H20F2N4O2. The normalized spacial score (nSPS) is 18.4. The highest BCUT2D eigenvalue weighted by Gasteiger charge is 2.23. The monoisotopic (exact) mass is 314 g/mol. The number of aryl methyl sites for hydroxylation is 1. The lowest BCUT2D eigenvalue weighted by atomic mass is 9.98. The number of hydrogen-bond acceptors (Lipinski definition) is 3. The number of rotatable bonds is 5. The Morgan fingerprint density at radius 1 is 1.50 bits per heavy atom. The van der Waals surface area contributed by atoms with Gasteiger partial charge in [-0.3, -0.25) is 9.59 Å². The van der Waals surface area contributed by atoms with Gasteiger partial charge in [-0.15, -0.1) is 0 Å². The molecule has 1 fully saturated rings. The van der Waals surface area contributed by atoms with E-state index in [1.807, 2.05) is 0 Å². The highest BCUT2D eigenvalue weighted by atomic mass is 19.3. The highest BCUT2D eigenvalue weighted by molar-refractivity contribution is 5.82. The molecule has 22 heavy (non-hydrogen) atoms. The fourth-order valence-electron chi connectivity index (χ4n) is 2.63. The molecule has 1 aliphatic heterocycles. The second-order valence-corrected chi connectivity index (χ2v) is 5.48. The molecule has 0 saturated carbocycles. The smallest absolute Gasteiger partial charge is 0.333 e. The number of nitrogens with one attached hydrogen (secondary N) is 2. The van der Waals surface area contributed by atoms with E-state index in [0.717, 1.165) is 12.8 Å². The maximum atomic E-state index is 12.7. The summed E-state index contributed by atoms with van der Waals surface area (Å²) in [6.07, 6.45) is 1.62. The Labute approximate surface area is 127 Å². The number of amides is 2. The third-order valence-electron chi connectivity index (χ3n) is 3.94. The summed E-state index contributed by atoms with van der Waals surface area (Å²) in [4.78, 5) is 23.6. The number of nitrogens with zero attached hydrogens (tertiary/aromatic N) is 2. The van der Waals surface area contributed by atoms with Crippen LogP contribution in [0.25, 0.3) is 0 Å². The second kappa shape index (κ2) is 6.85. The number of piperidine rings is 1. The topological polar surface area (TPSA) is 76.0 Å². The predicted molar refractivity (Wildman–Crippen MR) is 75.4 cm³/mol. The zero-order chi connectivity index (χ0) is 16.3. The van der Waals surface area contributed by atoms with Gasteiger partial charge in [-0.05, 0) is 26.7 Å². The van der Waals surface area contributed by atoms with Gasteiger partial charge in [-0.1, -0.05) is 0 Å². The molecule has 2 amide bonds. The third kappa shape index (κ3) is 3.61. The third-order valence-corrected chi connectivity index (χ3v) is 3.94. The molecule has 1 saturated heterocycles. The molecule has 1 aromatic rings. The molecular weight excluding hydrogens is 294 g/mol. The highest BCUT2D eigenvalue weighted by Crippen LogP contribution is 2.19. The zero-order valence-electron chi connectivity index (χ0n) is 12.7. The van der Waals surface area contributed by atoms with E-state index in [9.17, 15) is 18.4 Å². The van der Waals surface area contributed by atoms with Gasteiger partial charge in [0.25, 0.3) is 0 Å². The van der Waals surface area contributed by atoms with Gasteiger partial charge >= 0.3 is 6.55 Å². The molecule has 2 N–H and O–H groups in total. The first kappa shape index (κ1) is 16.4. The van der Waals surface area contributed by atoms with Crippen LogP contribution in [0, 0.1) is 19.8 Å². The zero-order valence-corrected chi connectivity index (χ0v) is 12.7. The minimum absolute atomic E-state index is 0.0152. The summed E-state index contributed by atoms with van der Waals surface area (Å²) in [7, 11) is 0. The molecule has 2 heterocycles. The number of carbonyl (C=O) groups excluding carboxylic acids is 2. The van der Waals surface area contributed by atoms with Crippen LogP contribution in [-0.4, -0.2) is 34.7 Å². The number of alkyl halides is 2. The minimum atomic E-state index is -2.72. The van der Waals surface area contributed by atoms with E-state index < -0.39 is 6.55 Å². The minimum Gasteiger partial charge on any atom is -0.356 e. The molecule has 6 nitrogen and oxygen atoms in total. The van der Waals surface area contributed by atoms with E-state index in [-0.39, 0.29) is 36.4 Å². The van der Waals surface area contributed by atoms with Crippen LogP contribution in [-0.2, 0) is 16.0 Å². The van der Waals surface area contributed by atoms with Crippen molar-refractivity contribution in [3.8, 4) is 0 Å². The summed E-state index contributed by atoms with van der Waals surface area (Å²) in [6.45, 7) is 1.34. The van der Waals surface area contributed by atoms with Crippen molar-refractivity contribution in [3.05, 3.63) is 17.0 Å². The number of carbonyl (C=O) groups is 2. The lowest BCUT2D eigenvalue weighted by Crippen LogP contribution is -2.42. The van der Waals surface area contributed by atoms with Crippen molar-refractivity contribution in [2.75, 3.05) is 13.1 Å². The van der Waals surface area contributed by atoms with Gasteiger partial charge in [0.2, 0.25) is 11.8 Å². The van der Waals surface area contributed by atoms with Crippen LogP contribution in [0.4, 0.5) is 8.78 Å². The first-order valence-corrected chi connectivity index (χ1v) is 7.27. The first-order valence-electron chi connectivity index (χ1n) is 7.27. The summed E-state index contributed by atoms with van der Waals surface area (Å²) in [6, 6.07) is 0. The van der Waals surface area contributed by atoms with Crippen LogP contribution in [0.15, 0.2) is 0 Å². The van der Waals surface area contributed by atoms with Crippen molar-refractivity contribution < 1.29 is 18.4 Å². The maximum absolute atomic E-state index is 12.7. The van der Waals surface area contributed by atoms with E-state index >= 15 is 0 Å². The van der Waals surface area contributed by atoms with Crippen LogP contribution in [0.1, 0.15) is 36.3 Å². The molecule has 0 spiro atoms. The van der Waals surface area contributed by atoms with Crippen LogP contribution < -0.4 is 10.6 Å². The van der Waals surface area contributed by atoms with Crippen LogP contribution in [0.2, 0.25) is 0 Å². The van der Waals surface area contributed by atoms with Gasteiger partial charge in [0.15, 0.2) is 0 Å². The molecule has 1 atom stereocenters. The van der Waals surface area contributed by atoms with Crippen molar-refractivity contribution in [1.29, 1.82) is 0 Å². The number of aromatic nitrogens is 2. The van der Waals surface area contributed by atoms with Crippen molar-refractivity contribution in [2.45, 2.75) is 39.7 Å². The molecule has 0 aliphatic carbocycles. The average molecular weight is 314 g/mol. The predicted octanol–water partition coefficient (Wildman–Crippen LogP) is 1.08. The quantitative estimate of drug-likeness (QED) is 0.854. The molecule has 0 bridgehead atoms. The number of hydrogen-bond donors (Lipinski definition) is 2. The van der Waals surface area contributed by atoms with Gasteiger partial charge in [0.1, 0.15) is 0 Å². The van der Waals surface area contributed by atoms with Gasteiger partial charge in [-0.25, -0.2) is 4.68 Å². The lowest BCUT2D eigenvalue weighted by Gasteiger charge is -2.21. The SMILES string of the molecule is Cc1nn(C(F)F)c(C)c1CC(=O)NCC1CCCNC1=O. The largest absolute Gasteiger partial charge is 0.356 e. The second-order valence-electron chi connectivity index (χ2n) is 5.48. The lowest BCUT2D eigenvalue weighted by molar-refractivity contribution is -0.127. The molecule has 1 aromatic heterocycles. The van der Waals surface area contributed by atoms with Crippen molar-refractivity contribution in [3.63, 3.8) is 0 Å². The van der Waals surface area contributed by atoms with E-state index in [2.05, 4.69) is 15.7 Å². The Bertz CT molecular complexity index is 571. The summed E-state index contributed by atoms with van der Waals surface area (Å²) in [5.74, 6) is -0.563. The van der Waals surface area contributed by atoms with E-state index in [1.54, 1.807) is 6.92 Å². The first-order chi connectivity index (χ1) is 10.4. The van der Waals surface area contributed by atoms with Crippen molar-refractivity contribution >= 4 is 11.8 Å². The summed E-state index contributed by atoms with van der Waals surface area (Å²) in [5.41, 5.74) is 1.22. The van der Waals surface area contributed by atoms with Crippen LogP contribution >= 0.6 is 0 Å². The molecule has 1 aliphatic rings. The van der Waals surface area contributed by atoms with E-state index in [0.29, 0.717) is 22.5 Å². The Morgan fingerprint density at radius 3 is 2.82 bits per heavy atom. The Kier molecular flexibility index (Phi) is 5.10. The molecule has 0 radical (unpaired) electrons. The van der Waals surface area contributed by atoms with E-state index in [1.165, 1.54) is 6.92 Å². The van der Waals surface area contributed by atoms with Crippen LogP contribution in [0.3, 0.4) is 0 Å². The van der Waals surface area contributed by atoms with Crippen molar-refractivity contribution in [1.82, 2.24) is 20.4 Å². The van der Waals surface area contributed by atoms with Gasteiger partial charge in [-0.2, -0.15) is 13.9 Å². The summed E-state index contributed by atoms with van der Waals surface area (Å²) < 4.78 is 26.1. The van der Waals surface area contributed by atoms with Crippen molar-refractivity contribution in [2.24, 2.45) is 5.92 Å². The Hall–Kier alpha value is -1.99. The summed E-state index contributed by atoms with van der Waals surface area (Å²) in [5, 5.41) is 9.20. The molecule has 2 rings (SSSR count). The molecule has 8 heteroatoms. The van der Waals surface area contributed by atoms with Crippen LogP contribution in [0.5, 0.6) is 0 Å². The van der Waals surface area contributed by atoms with E-state index in [4.69, 9.17) is 0 Å². The average Bonchev–Trinajstić information content (AvgIpc) is 2.75. The molecule has 1 unspecified atom stereocenters. The fourth-order valence-corrected chi connectivity index (χ4v) is 2.63. The molecule has 0 aromatic carbocycles. The summed E-state index contributed by atoms with van der Waals surface area (Å²) >= 11 is 0. The van der Waals surface area contributed by atoms with Gasteiger partial charge < -0.3 is 10.6 Å². The standard InChI is InChI=1S/C14H20F2N4O2/c1-8-11(9(2)20(19-8)14(15)16)6-12(21)18-7-10-4-3-5-17-13(10)22/h10,14H,3-7H2,1-2H3,(H,17,22)(H,18,21). The van der Waals surface area contributed by atoms with Gasteiger partial charge in [0.05, 0.1) is 18.0 Å². The fraction of sp³-hybridized carbons (Fsp3) is 0.643. The van der Waals surface area contributed by atoms with Gasteiger partial charge in [0, 0.05) is 24.3 Å². The Balaban J connectivity index is 1.93. The maximum Gasteiger partial charge on any atom is 0.333 e. The Morgan fingerprint density at radius 2 is 2.23 bits per heavy atom. The molecule has 122 valence electrons.